The Hall–Kier alpha value is -7.68. The molecule has 2 N–H and O–H groups in total. The molecule has 5 aromatic carbocycles. The molecule has 15 nitrogen and oxygen atoms in total. The molecule has 1 saturated heterocycles. The van der Waals surface area contributed by atoms with Crippen LogP contribution in [-0.2, 0) is 41.6 Å². The molecule has 15 heteroatoms. The number of nitrogens with one attached hydrogen (secondary N) is 1. The summed E-state index contributed by atoms with van der Waals surface area (Å²) in [6.07, 6.45) is 1.80. The predicted molar refractivity (Wildman–Crippen MR) is 235 cm³/mol. The van der Waals surface area contributed by atoms with E-state index < -0.39 is 52.0 Å². The molecule has 4 unspecified atom stereocenters. The number of hydrogen-bond acceptors (Lipinski definition) is 10. The van der Waals surface area contributed by atoms with Crippen LogP contribution >= 0.6 is 0 Å². The summed E-state index contributed by atoms with van der Waals surface area (Å²) in [6, 6.07) is 30.0. The number of methoxy groups -OCH3 is 2. The summed E-state index contributed by atoms with van der Waals surface area (Å²) in [7, 11) is 4.61. The Morgan fingerprint density at radius 1 is 0.857 bits per heavy atom. The second-order valence-corrected chi connectivity index (χ2v) is 16.4. The molecule has 0 bridgehead atoms. The number of benzene rings is 5. The minimum absolute atomic E-state index is 0.0103. The molecule has 10 rings (SSSR count). The number of aromatic hydroxyl groups is 1. The van der Waals surface area contributed by atoms with Crippen LogP contribution < -0.4 is 31.8 Å². The van der Waals surface area contributed by atoms with E-state index in [-0.39, 0.29) is 37.4 Å². The zero-order chi connectivity index (χ0) is 43.9. The normalized spacial score (nSPS) is 20.3. The van der Waals surface area contributed by atoms with Crippen molar-refractivity contribution in [1.29, 1.82) is 0 Å². The number of hydrazine groups is 1. The number of fused-ring (bicyclic) bond motifs is 6. The number of hydrogen-bond donors (Lipinski definition) is 2. The largest absolute Gasteiger partial charge is 0.507 e. The average Bonchev–Trinajstić information content (AvgIpc) is 3.67. The monoisotopic (exact) mass is 845 g/mol. The molecule has 3 aliphatic rings. The lowest BCUT2D eigenvalue weighted by molar-refractivity contribution is -0.138. The summed E-state index contributed by atoms with van der Waals surface area (Å²) in [5.74, 6) is -2.22. The Balaban J connectivity index is 1.12. The molecule has 7 aromatic rings. The molecular formula is C48H43N7O8. The molecule has 2 fully saturated rings. The van der Waals surface area contributed by atoms with Gasteiger partial charge in [-0.2, -0.15) is 5.01 Å². The molecule has 1 saturated carbocycles. The van der Waals surface area contributed by atoms with E-state index in [2.05, 4.69) is 10.4 Å². The average molecular weight is 846 g/mol. The maximum Gasteiger partial charge on any atom is 0.347 e. The maximum atomic E-state index is 15.5. The van der Waals surface area contributed by atoms with Gasteiger partial charge in [0.2, 0.25) is 0 Å². The third-order valence-corrected chi connectivity index (χ3v) is 13.2. The summed E-state index contributed by atoms with van der Waals surface area (Å²) >= 11 is 0. The highest BCUT2D eigenvalue weighted by molar-refractivity contribution is 6.13. The standard InChI is InChI=1S/C48H43N7O8/c1-27-14-17-30(18-15-27)50-54-43(57)34-24-37-32(41(48(34,45(54)59)29-11-6-5-7-12-29)33-19-16-28-10-8-9-13-31(28)42(33)56)20-23-53-46(60)52(47(61)55(37)53)22-21-35-44(58)51(2)38-26-40(63-4)39(62-3)25-36(38)49-35/h5-20,25-26,34,37,41,50,56H,21-24H2,1-4H3. The van der Waals surface area contributed by atoms with Gasteiger partial charge >= 0.3 is 11.4 Å². The van der Waals surface area contributed by atoms with Gasteiger partial charge in [-0.25, -0.2) is 28.5 Å². The Bertz CT molecular complexity index is 3260. The fraction of sp³-hybridized carbons (Fsp3) is 0.250. The van der Waals surface area contributed by atoms with E-state index in [1.54, 1.807) is 43.4 Å². The molecule has 318 valence electrons. The number of imide groups is 1. The number of allylic oxidation sites excluding steroid dienone is 2. The van der Waals surface area contributed by atoms with E-state index >= 15 is 9.59 Å². The van der Waals surface area contributed by atoms with Gasteiger partial charge in [-0.3, -0.25) is 19.8 Å². The van der Waals surface area contributed by atoms with Crippen LogP contribution in [0.4, 0.5) is 5.69 Å². The SMILES string of the molecule is COc1cc2nc(CCn3c(=O)n4n(c3=O)C3CC5C(=O)N(Nc6ccc(C)cc6)C(=O)C5(c5ccccc5)C(c5ccc6ccccc6c5O)C3=CC4)c(=O)n(C)c2cc1OC. The first kappa shape index (κ1) is 39.5. The molecule has 1 aliphatic carbocycles. The van der Waals surface area contributed by atoms with Gasteiger partial charge in [0.05, 0.1) is 54.9 Å². The van der Waals surface area contributed by atoms with Crippen LogP contribution in [-0.4, -0.2) is 59.6 Å². The van der Waals surface area contributed by atoms with Crippen molar-refractivity contribution in [3.05, 3.63) is 168 Å². The van der Waals surface area contributed by atoms with Crippen molar-refractivity contribution < 1.29 is 24.2 Å². The van der Waals surface area contributed by atoms with Crippen LogP contribution in [0, 0.1) is 12.8 Å². The number of ether oxygens (including phenoxy) is 2. The molecule has 0 spiro atoms. The van der Waals surface area contributed by atoms with Gasteiger partial charge in [-0.15, -0.1) is 0 Å². The first-order chi connectivity index (χ1) is 30.5. The Morgan fingerprint density at radius 2 is 1.57 bits per heavy atom. The molecule has 63 heavy (non-hydrogen) atoms. The Morgan fingerprint density at radius 3 is 2.32 bits per heavy atom. The second kappa shape index (κ2) is 14.8. The minimum atomic E-state index is -1.58. The summed E-state index contributed by atoms with van der Waals surface area (Å²) in [5.41, 5.74) is 4.14. The van der Waals surface area contributed by atoms with E-state index in [1.807, 2.05) is 79.7 Å². The zero-order valence-corrected chi connectivity index (χ0v) is 34.9. The third-order valence-electron chi connectivity index (χ3n) is 13.2. The molecule has 2 aromatic heterocycles. The molecule has 2 aliphatic heterocycles. The van der Waals surface area contributed by atoms with E-state index in [0.717, 1.165) is 20.5 Å². The quantitative estimate of drug-likeness (QED) is 0.147. The van der Waals surface area contributed by atoms with E-state index in [4.69, 9.17) is 9.47 Å². The summed E-state index contributed by atoms with van der Waals surface area (Å²) < 4.78 is 16.1. The Labute approximate surface area is 359 Å². The van der Waals surface area contributed by atoms with Crippen molar-refractivity contribution in [2.75, 3.05) is 19.6 Å². The molecular weight excluding hydrogens is 803 g/mol. The predicted octanol–water partition coefficient (Wildman–Crippen LogP) is 5.10. The highest BCUT2D eigenvalue weighted by Gasteiger charge is 2.69. The highest BCUT2D eigenvalue weighted by atomic mass is 16.5. The van der Waals surface area contributed by atoms with Crippen molar-refractivity contribution >= 4 is 39.3 Å². The van der Waals surface area contributed by atoms with Crippen molar-refractivity contribution in [3.8, 4) is 17.2 Å². The number of amides is 2. The summed E-state index contributed by atoms with van der Waals surface area (Å²) in [5, 5.41) is 14.7. The van der Waals surface area contributed by atoms with Gasteiger partial charge < -0.3 is 19.1 Å². The number of phenols is 1. The van der Waals surface area contributed by atoms with Gasteiger partial charge in [-0.1, -0.05) is 90.5 Å². The number of aryl methyl sites for hydroxylation is 3. The topological polar surface area (TPSA) is 172 Å². The van der Waals surface area contributed by atoms with Crippen LogP contribution in [0.15, 0.2) is 129 Å². The van der Waals surface area contributed by atoms with E-state index in [0.29, 0.717) is 50.3 Å². The number of carbonyl (C=O) groups excluding carboxylic acids is 2. The van der Waals surface area contributed by atoms with Gasteiger partial charge in [0, 0.05) is 49.0 Å². The fourth-order valence-corrected chi connectivity index (χ4v) is 10.2. The highest BCUT2D eigenvalue weighted by Crippen LogP contribution is 2.63. The van der Waals surface area contributed by atoms with Crippen molar-refractivity contribution in [2.45, 2.75) is 50.2 Å². The van der Waals surface area contributed by atoms with Gasteiger partial charge in [0.15, 0.2) is 11.5 Å². The fourth-order valence-electron chi connectivity index (χ4n) is 10.2. The molecule has 4 atom stereocenters. The molecule has 2 amide bonds. The number of anilines is 1. The number of aromatic nitrogens is 5. The van der Waals surface area contributed by atoms with Crippen LogP contribution in [0.5, 0.6) is 17.2 Å². The van der Waals surface area contributed by atoms with Crippen LogP contribution in [0.25, 0.3) is 21.8 Å². The number of phenolic OH excluding ortho intramolecular Hbond substituents is 1. The smallest absolute Gasteiger partial charge is 0.347 e. The van der Waals surface area contributed by atoms with E-state index in [9.17, 15) is 19.5 Å². The van der Waals surface area contributed by atoms with Crippen molar-refractivity contribution in [1.82, 2.24) is 28.5 Å². The zero-order valence-electron chi connectivity index (χ0n) is 34.9. The number of rotatable bonds is 9. The van der Waals surface area contributed by atoms with Gasteiger partial charge in [0.1, 0.15) is 11.4 Å². The maximum absolute atomic E-state index is 15.5. The minimum Gasteiger partial charge on any atom is -0.507 e. The van der Waals surface area contributed by atoms with Crippen LogP contribution in [0.2, 0.25) is 0 Å². The molecule has 0 radical (unpaired) electrons. The van der Waals surface area contributed by atoms with Crippen LogP contribution in [0.1, 0.15) is 40.8 Å². The van der Waals surface area contributed by atoms with Crippen molar-refractivity contribution in [2.24, 2.45) is 13.0 Å². The van der Waals surface area contributed by atoms with Crippen molar-refractivity contribution in [3.63, 3.8) is 0 Å². The van der Waals surface area contributed by atoms with Gasteiger partial charge in [0.25, 0.3) is 17.4 Å². The van der Waals surface area contributed by atoms with E-state index in [1.165, 1.54) is 28.2 Å². The first-order valence-corrected chi connectivity index (χ1v) is 20.7. The lowest BCUT2D eigenvalue weighted by atomic mass is 9.53. The lowest BCUT2D eigenvalue weighted by Gasteiger charge is -2.49. The summed E-state index contributed by atoms with van der Waals surface area (Å²) in [6.45, 7) is 1.75. The third kappa shape index (κ3) is 5.79. The lowest BCUT2D eigenvalue weighted by Crippen LogP contribution is -2.53. The summed E-state index contributed by atoms with van der Waals surface area (Å²) in [4.78, 5) is 77.8. The number of carbonyl (C=O) groups is 2. The second-order valence-electron chi connectivity index (χ2n) is 16.4. The molecule has 4 heterocycles. The Kier molecular flexibility index (Phi) is 9.24. The van der Waals surface area contributed by atoms with Crippen LogP contribution in [0.3, 0.4) is 0 Å². The number of nitrogens with zero attached hydrogens (tertiary/aromatic N) is 6. The first-order valence-electron chi connectivity index (χ1n) is 20.7. The van der Waals surface area contributed by atoms with Gasteiger partial charge in [-0.05, 0) is 42.0 Å².